The molecule has 1 aromatic rings. The van der Waals surface area contributed by atoms with Crippen LogP contribution in [0, 0.1) is 10.1 Å². The summed E-state index contributed by atoms with van der Waals surface area (Å²) in [5.41, 5.74) is 2.12. The molecule has 0 fully saturated rings. The van der Waals surface area contributed by atoms with Gasteiger partial charge in [0, 0.05) is 24.1 Å². The SMILES string of the molecule is CC1(C)C[C@@](N)(C(F)(F)CO)c2cc([N+](=O)[O-])ccc2O1. The van der Waals surface area contributed by atoms with Gasteiger partial charge in [-0.3, -0.25) is 10.1 Å². The molecule has 1 aliphatic heterocycles. The second-order valence-electron chi connectivity index (χ2n) is 5.81. The Bertz CT molecular complexity index is 592. The number of fused-ring (bicyclic) bond motifs is 1. The number of ether oxygens (including phenoxy) is 1. The lowest BCUT2D eigenvalue weighted by Gasteiger charge is -2.46. The number of halogens is 2. The van der Waals surface area contributed by atoms with E-state index in [4.69, 9.17) is 15.6 Å². The van der Waals surface area contributed by atoms with Crippen LogP contribution in [0.2, 0.25) is 0 Å². The number of aliphatic hydroxyl groups is 1. The molecule has 21 heavy (non-hydrogen) atoms. The fourth-order valence-corrected chi connectivity index (χ4v) is 2.64. The van der Waals surface area contributed by atoms with E-state index in [1.807, 2.05) is 0 Å². The maximum absolute atomic E-state index is 14.2. The number of rotatable bonds is 3. The van der Waals surface area contributed by atoms with Crippen LogP contribution in [0.15, 0.2) is 18.2 Å². The van der Waals surface area contributed by atoms with Crippen LogP contribution in [0.4, 0.5) is 14.5 Å². The first kappa shape index (κ1) is 15.6. The number of aliphatic hydroxyl groups excluding tert-OH is 1. The molecular weight excluding hydrogens is 286 g/mol. The minimum atomic E-state index is -3.64. The number of nitrogens with two attached hydrogens (primary N) is 1. The Morgan fingerprint density at radius 3 is 2.67 bits per heavy atom. The van der Waals surface area contributed by atoms with E-state index < -0.39 is 28.6 Å². The molecule has 3 N–H and O–H groups in total. The van der Waals surface area contributed by atoms with Gasteiger partial charge in [0.2, 0.25) is 0 Å². The van der Waals surface area contributed by atoms with Crippen LogP contribution in [0.5, 0.6) is 5.75 Å². The van der Waals surface area contributed by atoms with Gasteiger partial charge in [0.25, 0.3) is 11.6 Å². The zero-order chi connectivity index (χ0) is 16.1. The summed E-state index contributed by atoms with van der Waals surface area (Å²) in [6.07, 6.45) is -0.290. The van der Waals surface area contributed by atoms with E-state index in [0.717, 1.165) is 12.1 Å². The highest BCUT2D eigenvalue weighted by atomic mass is 19.3. The Balaban J connectivity index is 2.68. The van der Waals surface area contributed by atoms with E-state index >= 15 is 0 Å². The molecule has 0 aliphatic carbocycles. The Kier molecular flexibility index (Phi) is 3.42. The van der Waals surface area contributed by atoms with Crippen molar-refractivity contribution in [3.05, 3.63) is 33.9 Å². The lowest BCUT2D eigenvalue weighted by molar-refractivity contribution is -0.385. The van der Waals surface area contributed by atoms with Crippen molar-refractivity contribution < 1.29 is 23.5 Å². The first-order chi connectivity index (χ1) is 9.52. The smallest absolute Gasteiger partial charge is 0.292 e. The molecule has 1 atom stereocenters. The molecular formula is C13H16F2N2O4. The van der Waals surface area contributed by atoms with E-state index in [1.54, 1.807) is 13.8 Å². The third-order valence-electron chi connectivity index (χ3n) is 3.60. The van der Waals surface area contributed by atoms with Crippen LogP contribution in [-0.2, 0) is 5.54 Å². The molecule has 8 heteroatoms. The van der Waals surface area contributed by atoms with Gasteiger partial charge >= 0.3 is 0 Å². The zero-order valence-corrected chi connectivity index (χ0v) is 11.6. The van der Waals surface area contributed by atoms with Gasteiger partial charge in [0.05, 0.1) is 4.92 Å². The van der Waals surface area contributed by atoms with Gasteiger partial charge in [-0.15, -0.1) is 0 Å². The summed E-state index contributed by atoms with van der Waals surface area (Å²) >= 11 is 0. The van der Waals surface area contributed by atoms with Crippen LogP contribution < -0.4 is 10.5 Å². The Morgan fingerprint density at radius 1 is 1.52 bits per heavy atom. The number of hydrogen-bond donors (Lipinski definition) is 2. The molecule has 0 spiro atoms. The van der Waals surface area contributed by atoms with Crippen LogP contribution in [0.3, 0.4) is 0 Å². The Hall–Kier alpha value is -1.80. The summed E-state index contributed by atoms with van der Waals surface area (Å²) in [7, 11) is 0. The number of hydrogen-bond acceptors (Lipinski definition) is 5. The van der Waals surface area contributed by atoms with E-state index in [-0.39, 0.29) is 23.4 Å². The van der Waals surface area contributed by atoms with Gasteiger partial charge in [-0.05, 0) is 19.9 Å². The highest BCUT2D eigenvalue weighted by molar-refractivity contribution is 5.50. The summed E-state index contributed by atoms with van der Waals surface area (Å²) in [4.78, 5) is 10.1. The highest BCUT2D eigenvalue weighted by Gasteiger charge is 2.58. The monoisotopic (exact) mass is 302 g/mol. The minimum Gasteiger partial charge on any atom is -0.487 e. The maximum atomic E-state index is 14.2. The van der Waals surface area contributed by atoms with Crippen molar-refractivity contribution in [1.82, 2.24) is 0 Å². The molecule has 0 unspecified atom stereocenters. The van der Waals surface area contributed by atoms with Crippen molar-refractivity contribution in [3.8, 4) is 5.75 Å². The largest absolute Gasteiger partial charge is 0.487 e. The number of nitro groups is 1. The first-order valence-electron chi connectivity index (χ1n) is 6.28. The average molecular weight is 302 g/mol. The summed E-state index contributed by atoms with van der Waals surface area (Å²) in [5, 5.41) is 19.8. The molecule has 0 saturated carbocycles. The van der Waals surface area contributed by atoms with E-state index in [9.17, 15) is 18.9 Å². The molecule has 6 nitrogen and oxygen atoms in total. The number of nitro benzene ring substituents is 1. The van der Waals surface area contributed by atoms with Crippen molar-refractivity contribution in [2.45, 2.75) is 37.3 Å². The third-order valence-corrected chi connectivity index (χ3v) is 3.60. The summed E-state index contributed by atoms with van der Waals surface area (Å²) in [6, 6.07) is 3.40. The zero-order valence-electron chi connectivity index (χ0n) is 11.6. The van der Waals surface area contributed by atoms with Crippen molar-refractivity contribution >= 4 is 5.69 Å². The van der Waals surface area contributed by atoms with Crippen LogP contribution in [-0.4, -0.2) is 28.2 Å². The number of benzene rings is 1. The fourth-order valence-electron chi connectivity index (χ4n) is 2.64. The maximum Gasteiger partial charge on any atom is 0.292 e. The molecule has 2 rings (SSSR count). The third kappa shape index (κ3) is 2.44. The summed E-state index contributed by atoms with van der Waals surface area (Å²) in [6.45, 7) is 1.72. The molecule has 1 heterocycles. The molecule has 1 aliphatic rings. The van der Waals surface area contributed by atoms with Gasteiger partial charge in [-0.25, -0.2) is 8.78 Å². The number of alkyl halides is 2. The molecule has 0 amide bonds. The van der Waals surface area contributed by atoms with Crippen LogP contribution in [0.1, 0.15) is 25.8 Å². The van der Waals surface area contributed by atoms with Gasteiger partial charge in [-0.1, -0.05) is 0 Å². The van der Waals surface area contributed by atoms with Gasteiger partial charge in [0.1, 0.15) is 23.5 Å². The Labute approximate surface area is 119 Å². The van der Waals surface area contributed by atoms with Gasteiger partial charge in [-0.2, -0.15) is 0 Å². The minimum absolute atomic E-state index is 0.0625. The second-order valence-corrected chi connectivity index (χ2v) is 5.81. The lowest BCUT2D eigenvalue weighted by Crippen LogP contribution is -2.61. The normalized spacial score (nSPS) is 24.1. The van der Waals surface area contributed by atoms with Crippen molar-refractivity contribution in [2.75, 3.05) is 6.61 Å². The van der Waals surface area contributed by atoms with E-state index in [0.29, 0.717) is 0 Å². The fraction of sp³-hybridized carbons (Fsp3) is 0.538. The van der Waals surface area contributed by atoms with Crippen molar-refractivity contribution in [2.24, 2.45) is 5.73 Å². The average Bonchev–Trinajstić information content (AvgIpc) is 2.36. The topological polar surface area (TPSA) is 98.6 Å². The second kappa shape index (κ2) is 4.60. The van der Waals surface area contributed by atoms with E-state index in [1.165, 1.54) is 6.07 Å². The van der Waals surface area contributed by atoms with Crippen LogP contribution in [0.25, 0.3) is 0 Å². The predicted octanol–water partition coefficient (Wildman–Crippen LogP) is 1.94. The van der Waals surface area contributed by atoms with Crippen molar-refractivity contribution in [3.63, 3.8) is 0 Å². The standard InChI is InChI=1S/C13H16F2N2O4/c1-11(2)6-12(16,13(14,15)7-18)9-5-8(17(19)20)3-4-10(9)21-11/h3-5,18H,6-7,16H2,1-2H3/t12-/m0/s1. The van der Waals surface area contributed by atoms with Crippen molar-refractivity contribution in [1.29, 1.82) is 0 Å². The van der Waals surface area contributed by atoms with Gasteiger partial charge < -0.3 is 15.6 Å². The predicted molar refractivity (Wildman–Crippen MR) is 70.3 cm³/mol. The molecule has 0 bridgehead atoms. The Morgan fingerprint density at radius 2 is 2.14 bits per heavy atom. The lowest BCUT2D eigenvalue weighted by atomic mass is 9.74. The highest BCUT2D eigenvalue weighted by Crippen LogP contribution is 2.50. The number of nitrogens with zero attached hydrogens (tertiary/aromatic N) is 1. The summed E-state index contributed by atoms with van der Waals surface area (Å²) in [5.74, 6) is -3.58. The number of non-ortho nitro benzene ring substituents is 1. The molecule has 116 valence electrons. The molecule has 1 aromatic carbocycles. The van der Waals surface area contributed by atoms with E-state index in [2.05, 4.69) is 0 Å². The first-order valence-corrected chi connectivity index (χ1v) is 6.28. The van der Waals surface area contributed by atoms with Crippen LogP contribution >= 0.6 is 0 Å². The quantitative estimate of drug-likeness (QED) is 0.656. The van der Waals surface area contributed by atoms with Gasteiger partial charge in [0.15, 0.2) is 0 Å². The molecule has 0 aromatic heterocycles. The molecule has 0 radical (unpaired) electrons. The summed E-state index contributed by atoms with van der Waals surface area (Å²) < 4.78 is 33.9. The molecule has 0 saturated heterocycles.